The molecule has 0 aliphatic carbocycles. The zero-order valence-corrected chi connectivity index (χ0v) is 67.6. The highest BCUT2D eigenvalue weighted by Crippen LogP contribution is 2.43. The number of nitrogens with zero attached hydrogens (tertiary/aromatic N) is 1. The fourth-order valence-corrected chi connectivity index (χ4v) is 14.0. The smallest absolute Gasteiger partial charge is 0.462 e. The highest BCUT2D eigenvalue weighted by molar-refractivity contribution is 7.47. The van der Waals surface area contributed by atoms with E-state index >= 15 is 0 Å². The first-order chi connectivity index (χ1) is 48.5. The summed E-state index contributed by atoms with van der Waals surface area (Å²) in [5.74, 6) is -0.771. The zero-order valence-electron chi connectivity index (χ0n) is 66.8. The van der Waals surface area contributed by atoms with Crippen LogP contribution in [0.15, 0.2) is 60.8 Å². The lowest BCUT2D eigenvalue weighted by atomic mass is 10.0. The maximum atomic E-state index is 12.9. The van der Waals surface area contributed by atoms with Crippen LogP contribution in [0.1, 0.15) is 444 Å². The third-order valence-corrected chi connectivity index (χ3v) is 20.8. The number of likely N-dealkylation sites (N-methyl/N-ethyl adjacent to an activating group) is 1. The summed E-state index contributed by atoms with van der Waals surface area (Å²) in [6.45, 7) is 4.40. The van der Waals surface area contributed by atoms with Crippen molar-refractivity contribution in [2.45, 2.75) is 450 Å². The second-order valence-corrected chi connectivity index (χ2v) is 32.4. The first-order valence-electron chi connectivity index (χ1n) is 43.5. The molecule has 582 valence electrons. The molecule has 0 amide bonds. The van der Waals surface area contributed by atoms with Crippen LogP contribution in [-0.4, -0.2) is 74.9 Å². The number of hydrogen-bond donors (Lipinski definition) is 1. The van der Waals surface area contributed by atoms with Gasteiger partial charge in [0.2, 0.25) is 0 Å². The topological polar surface area (TPSA) is 108 Å². The normalized spacial score (nSPS) is 13.2. The van der Waals surface area contributed by atoms with Crippen molar-refractivity contribution in [3.63, 3.8) is 0 Å². The maximum absolute atomic E-state index is 12.9. The molecule has 0 aliphatic rings. The van der Waals surface area contributed by atoms with E-state index in [1.807, 2.05) is 21.1 Å². The average molecular weight is 1410 g/mol. The summed E-state index contributed by atoms with van der Waals surface area (Å²) in [6.07, 6.45) is 108. The third kappa shape index (κ3) is 84.5. The van der Waals surface area contributed by atoms with Crippen LogP contribution in [0, 0.1) is 0 Å². The zero-order chi connectivity index (χ0) is 71.8. The molecular weight excluding hydrogens is 1240 g/mol. The Kier molecular flexibility index (Phi) is 78.0. The second kappa shape index (κ2) is 79.8. The van der Waals surface area contributed by atoms with Gasteiger partial charge in [-0.15, -0.1) is 0 Å². The molecular formula is C89H169NO8P+. The van der Waals surface area contributed by atoms with Crippen molar-refractivity contribution in [3.8, 4) is 0 Å². The summed E-state index contributed by atoms with van der Waals surface area (Å²) in [6, 6.07) is 0. The Bertz CT molecular complexity index is 1860. The van der Waals surface area contributed by atoms with E-state index in [-0.39, 0.29) is 25.6 Å². The van der Waals surface area contributed by atoms with E-state index in [4.69, 9.17) is 18.5 Å². The van der Waals surface area contributed by atoms with E-state index in [9.17, 15) is 19.0 Å². The van der Waals surface area contributed by atoms with Crippen LogP contribution in [-0.2, 0) is 32.7 Å². The van der Waals surface area contributed by atoms with Crippen LogP contribution < -0.4 is 0 Å². The fourth-order valence-electron chi connectivity index (χ4n) is 13.2. The summed E-state index contributed by atoms with van der Waals surface area (Å²) in [7, 11) is 1.50. The van der Waals surface area contributed by atoms with Crippen LogP contribution in [0.4, 0.5) is 0 Å². The quantitative estimate of drug-likeness (QED) is 0.0211. The number of quaternary nitrogens is 1. The standard InChI is InChI=1S/C89H168NO8P/c1-6-8-10-12-14-16-18-20-22-24-26-28-30-32-34-36-38-40-42-44-46-47-49-51-53-55-57-59-61-63-65-67-69-71-73-75-77-79-81-88(91)95-85-87(86-97-99(93,94)96-84-83-90(3,4)5)98-89(92)82-80-78-76-74-72-70-68-66-64-62-60-58-56-54-52-50-48-45-43-41-39-37-35-33-31-29-27-25-23-21-19-17-15-13-11-9-7-2/h9,11,15,17,21,23,27,29,33,35,87H,6-8,10,12-14,16,18-20,22,24-26,28,30-32,34,36-86H2,1-5H3/p+1/b11-9-,17-15-,23-21-,29-27-,35-33-. The van der Waals surface area contributed by atoms with Crippen molar-refractivity contribution in [1.29, 1.82) is 0 Å². The minimum absolute atomic E-state index is 0.0345. The number of phosphoric ester groups is 1. The number of rotatable bonds is 82. The van der Waals surface area contributed by atoms with E-state index in [1.165, 1.54) is 347 Å². The van der Waals surface area contributed by atoms with Crippen LogP contribution in [0.25, 0.3) is 0 Å². The number of phosphoric acid groups is 1. The molecule has 0 aromatic rings. The molecule has 0 saturated heterocycles. The number of unbranched alkanes of at least 4 members (excludes halogenated alkanes) is 58. The molecule has 0 heterocycles. The van der Waals surface area contributed by atoms with Gasteiger partial charge in [0.25, 0.3) is 0 Å². The lowest BCUT2D eigenvalue weighted by Gasteiger charge is -2.24. The Morgan fingerprint density at radius 1 is 0.323 bits per heavy atom. The molecule has 2 unspecified atom stereocenters. The first-order valence-corrected chi connectivity index (χ1v) is 45.0. The van der Waals surface area contributed by atoms with Gasteiger partial charge in [-0.2, -0.15) is 0 Å². The van der Waals surface area contributed by atoms with Gasteiger partial charge in [-0.05, 0) is 57.8 Å². The number of carbonyl (C=O) groups is 2. The van der Waals surface area contributed by atoms with E-state index in [2.05, 4.69) is 74.6 Å². The largest absolute Gasteiger partial charge is 0.472 e. The van der Waals surface area contributed by atoms with Gasteiger partial charge in [0.05, 0.1) is 27.7 Å². The maximum Gasteiger partial charge on any atom is 0.472 e. The van der Waals surface area contributed by atoms with E-state index in [0.717, 1.165) is 64.2 Å². The Morgan fingerprint density at radius 2 is 0.576 bits per heavy atom. The summed E-state index contributed by atoms with van der Waals surface area (Å²) >= 11 is 0. The van der Waals surface area contributed by atoms with Crippen LogP contribution >= 0.6 is 7.82 Å². The lowest BCUT2D eigenvalue weighted by molar-refractivity contribution is -0.870. The minimum Gasteiger partial charge on any atom is -0.462 e. The van der Waals surface area contributed by atoms with Gasteiger partial charge in [0.1, 0.15) is 19.8 Å². The van der Waals surface area contributed by atoms with Gasteiger partial charge >= 0.3 is 19.8 Å². The number of esters is 2. The summed E-state index contributed by atoms with van der Waals surface area (Å²) < 4.78 is 34.9. The molecule has 0 fully saturated rings. The molecule has 0 aromatic heterocycles. The molecule has 0 aromatic carbocycles. The van der Waals surface area contributed by atoms with E-state index in [1.54, 1.807) is 0 Å². The Morgan fingerprint density at radius 3 is 0.859 bits per heavy atom. The molecule has 9 nitrogen and oxygen atoms in total. The Labute approximate surface area is 616 Å². The monoisotopic (exact) mass is 1410 g/mol. The predicted octanol–water partition coefficient (Wildman–Crippen LogP) is 29.2. The van der Waals surface area contributed by atoms with Crippen molar-refractivity contribution < 1.29 is 42.1 Å². The van der Waals surface area contributed by atoms with Gasteiger partial charge in [-0.3, -0.25) is 18.6 Å². The molecule has 2 atom stereocenters. The van der Waals surface area contributed by atoms with Gasteiger partial charge in [-0.25, -0.2) is 4.57 Å². The fraction of sp³-hybridized carbons (Fsp3) is 0.865. The summed E-state index contributed by atoms with van der Waals surface area (Å²) in [5, 5.41) is 0. The van der Waals surface area contributed by atoms with Crippen LogP contribution in [0.5, 0.6) is 0 Å². The van der Waals surface area contributed by atoms with Crippen molar-refractivity contribution in [3.05, 3.63) is 60.8 Å². The molecule has 0 aliphatic heterocycles. The van der Waals surface area contributed by atoms with Crippen molar-refractivity contribution in [1.82, 2.24) is 0 Å². The molecule has 0 spiro atoms. The number of carbonyl (C=O) groups excluding carboxylic acids is 2. The van der Waals surface area contributed by atoms with Gasteiger partial charge < -0.3 is 18.9 Å². The van der Waals surface area contributed by atoms with E-state index in [0.29, 0.717) is 23.9 Å². The number of allylic oxidation sites excluding steroid dienone is 10. The minimum atomic E-state index is -4.40. The van der Waals surface area contributed by atoms with Crippen LogP contribution in [0.3, 0.4) is 0 Å². The molecule has 0 saturated carbocycles. The Hall–Kier alpha value is -2.29. The van der Waals surface area contributed by atoms with Gasteiger partial charge in [-0.1, -0.05) is 434 Å². The average Bonchev–Trinajstić information content (AvgIpc) is 0.999. The third-order valence-electron chi connectivity index (χ3n) is 19.8. The van der Waals surface area contributed by atoms with Crippen molar-refractivity contribution in [2.24, 2.45) is 0 Å². The first kappa shape index (κ1) is 96.7. The van der Waals surface area contributed by atoms with Gasteiger partial charge in [0.15, 0.2) is 6.10 Å². The van der Waals surface area contributed by atoms with Crippen molar-refractivity contribution in [2.75, 3.05) is 47.5 Å². The molecule has 10 heteroatoms. The highest BCUT2D eigenvalue weighted by atomic mass is 31.2. The van der Waals surface area contributed by atoms with Crippen LogP contribution in [0.2, 0.25) is 0 Å². The van der Waals surface area contributed by atoms with E-state index < -0.39 is 26.5 Å². The summed E-state index contributed by atoms with van der Waals surface area (Å²) in [4.78, 5) is 36.0. The van der Waals surface area contributed by atoms with Gasteiger partial charge in [0, 0.05) is 12.8 Å². The molecule has 0 rings (SSSR count). The summed E-state index contributed by atoms with van der Waals surface area (Å²) in [5.41, 5.74) is 0. The predicted molar refractivity (Wildman–Crippen MR) is 432 cm³/mol. The molecule has 99 heavy (non-hydrogen) atoms. The molecule has 0 bridgehead atoms. The molecule has 1 N–H and O–H groups in total. The second-order valence-electron chi connectivity index (χ2n) is 30.9. The van der Waals surface area contributed by atoms with Crippen molar-refractivity contribution >= 4 is 19.8 Å². The highest BCUT2D eigenvalue weighted by Gasteiger charge is 2.27. The molecule has 0 radical (unpaired) electrons. The number of ether oxygens (including phenoxy) is 2. The lowest BCUT2D eigenvalue weighted by Crippen LogP contribution is -2.37. The number of hydrogen-bond acceptors (Lipinski definition) is 7. The Balaban J connectivity index is 3.86. The SMILES string of the molecule is CC/C=C\C/C=C\C/C=C\C/C=C\C/C=C\CCCCCCCCCCCCCCCCCCCCCCCC(=O)OC(COC(=O)CCCCCCCCCCCCCCCCCCCCCCCCCCCCCCCCCCCCCCCC)COP(=O)(O)OCC[N+](C)(C)C.